The molecule has 0 saturated heterocycles. The normalized spacial score (nSPS) is 28.9. The molecule has 0 aliphatic heterocycles. The highest BCUT2D eigenvalue weighted by Crippen LogP contribution is 2.43. The van der Waals surface area contributed by atoms with Gasteiger partial charge in [-0.15, -0.1) is 0 Å². The second-order valence-electron chi connectivity index (χ2n) is 5.17. The summed E-state index contributed by atoms with van der Waals surface area (Å²) in [7, 11) is 0. The zero-order chi connectivity index (χ0) is 12.7. The van der Waals surface area contributed by atoms with Crippen molar-refractivity contribution in [2.24, 2.45) is 17.8 Å². The smallest absolute Gasteiger partial charge is 0.126 e. The summed E-state index contributed by atoms with van der Waals surface area (Å²) >= 11 is 12.0. The summed E-state index contributed by atoms with van der Waals surface area (Å²) in [5.74, 6) is 1.66. The fourth-order valence-electron chi connectivity index (χ4n) is 3.07. The number of anilines is 1. The maximum atomic E-state index is 13.1. The van der Waals surface area contributed by atoms with Gasteiger partial charge in [-0.3, -0.25) is 0 Å². The molecule has 1 N–H and O–H groups in total. The largest absolute Gasteiger partial charge is 0.382 e. The minimum absolute atomic E-state index is 0.346. The van der Waals surface area contributed by atoms with Crippen LogP contribution < -0.4 is 5.32 Å². The van der Waals surface area contributed by atoms with Crippen molar-refractivity contribution in [2.75, 3.05) is 11.9 Å². The highest BCUT2D eigenvalue weighted by molar-refractivity contribution is 6.39. The van der Waals surface area contributed by atoms with E-state index in [1.165, 1.54) is 25.0 Å². The van der Waals surface area contributed by atoms with Crippen LogP contribution in [0.15, 0.2) is 24.3 Å². The highest BCUT2D eigenvalue weighted by atomic mass is 35.5. The molecule has 0 radical (unpaired) electrons. The van der Waals surface area contributed by atoms with Gasteiger partial charge in [0.1, 0.15) is 5.82 Å². The summed E-state index contributed by atoms with van der Waals surface area (Å²) < 4.78 is 13.1. The first-order valence-electron chi connectivity index (χ1n) is 6.20. The molecule has 0 heterocycles. The lowest BCUT2D eigenvalue weighted by Gasteiger charge is -2.20. The minimum atomic E-state index is -0.404. The second-order valence-corrected chi connectivity index (χ2v) is 5.98. The van der Waals surface area contributed by atoms with Gasteiger partial charge < -0.3 is 5.32 Å². The Kier molecular flexibility index (Phi) is 3.25. The van der Waals surface area contributed by atoms with Gasteiger partial charge in [0.2, 0.25) is 0 Å². The first kappa shape index (κ1) is 12.3. The zero-order valence-electron chi connectivity index (χ0n) is 9.80. The van der Waals surface area contributed by atoms with Gasteiger partial charge in [0.25, 0.3) is 0 Å². The third-order valence-electron chi connectivity index (χ3n) is 3.96. The van der Waals surface area contributed by atoms with Gasteiger partial charge in [-0.25, -0.2) is 4.39 Å². The predicted molar refractivity (Wildman–Crippen MR) is 73.8 cm³/mol. The van der Waals surface area contributed by atoms with Crippen LogP contribution in [-0.2, 0) is 0 Å². The van der Waals surface area contributed by atoms with E-state index in [9.17, 15) is 4.39 Å². The van der Waals surface area contributed by atoms with Crippen molar-refractivity contribution < 1.29 is 4.39 Å². The quantitative estimate of drug-likeness (QED) is 0.790. The van der Waals surface area contributed by atoms with Gasteiger partial charge in [-0.05, 0) is 42.7 Å². The minimum Gasteiger partial charge on any atom is -0.382 e. The van der Waals surface area contributed by atoms with Gasteiger partial charge in [0.15, 0.2) is 0 Å². The van der Waals surface area contributed by atoms with E-state index in [2.05, 4.69) is 17.5 Å². The van der Waals surface area contributed by atoms with E-state index in [0.29, 0.717) is 27.6 Å². The molecule has 1 saturated carbocycles. The Hall–Kier alpha value is -0.730. The Morgan fingerprint density at radius 3 is 2.44 bits per heavy atom. The van der Waals surface area contributed by atoms with Crippen molar-refractivity contribution in [3.05, 3.63) is 40.1 Å². The Morgan fingerprint density at radius 1 is 1.17 bits per heavy atom. The van der Waals surface area contributed by atoms with Crippen LogP contribution in [0, 0.1) is 23.6 Å². The summed E-state index contributed by atoms with van der Waals surface area (Å²) in [4.78, 5) is 0. The fourth-order valence-corrected chi connectivity index (χ4v) is 3.67. The number of fused-ring (bicyclic) bond motifs is 2. The summed E-state index contributed by atoms with van der Waals surface area (Å²) in [6, 6.07) is 2.58. The topological polar surface area (TPSA) is 12.0 Å². The lowest BCUT2D eigenvalue weighted by molar-refractivity contribution is 0.472. The lowest BCUT2D eigenvalue weighted by Crippen LogP contribution is -2.18. The van der Waals surface area contributed by atoms with Crippen molar-refractivity contribution in [1.82, 2.24) is 0 Å². The highest BCUT2D eigenvalue weighted by Gasteiger charge is 2.35. The van der Waals surface area contributed by atoms with E-state index in [1.54, 1.807) is 0 Å². The molecule has 3 atom stereocenters. The standard InChI is InChI=1S/C14H14Cl2FN/c15-12-5-11(17)6-13(16)14(12)18-7-10-4-8-1-2-9(10)3-8/h1-2,5-6,8-10,18H,3-4,7H2. The number of nitrogens with one attached hydrogen (secondary N) is 1. The number of benzene rings is 1. The summed E-state index contributed by atoms with van der Waals surface area (Å²) in [6.07, 6.45) is 7.13. The third kappa shape index (κ3) is 2.24. The van der Waals surface area contributed by atoms with Crippen LogP contribution in [0.2, 0.25) is 10.0 Å². The van der Waals surface area contributed by atoms with Gasteiger partial charge in [0.05, 0.1) is 15.7 Å². The van der Waals surface area contributed by atoms with Crippen LogP contribution in [0.3, 0.4) is 0 Å². The van der Waals surface area contributed by atoms with Crippen LogP contribution in [0.4, 0.5) is 10.1 Å². The molecule has 2 aliphatic carbocycles. The van der Waals surface area contributed by atoms with Crippen molar-refractivity contribution in [3.63, 3.8) is 0 Å². The molecule has 1 nitrogen and oxygen atoms in total. The maximum absolute atomic E-state index is 13.1. The molecule has 1 fully saturated rings. The maximum Gasteiger partial charge on any atom is 0.126 e. The molecule has 18 heavy (non-hydrogen) atoms. The Balaban J connectivity index is 1.69. The average Bonchev–Trinajstić information content (AvgIpc) is 2.89. The first-order valence-corrected chi connectivity index (χ1v) is 6.96. The van der Waals surface area contributed by atoms with Gasteiger partial charge in [0, 0.05) is 6.54 Å². The van der Waals surface area contributed by atoms with Gasteiger partial charge >= 0.3 is 0 Å². The summed E-state index contributed by atoms with van der Waals surface area (Å²) in [6.45, 7) is 0.844. The molecule has 3 unspecified atom stereocenters. The molecule has 96 valence electrons. The van der Waals surface area contributed by atoms with E-state index in [0.717, 1.165) is 12.5 Å². The van der Waals surface area contributed by atoms with Crippen molar-refractivity contribution in [3.8, 4) is 0 Å². The van der Waals surface area contributed by atoms with E-state index in [-0.39, 0.29) is 0 Å². The summed E-state index contributed by atoms with van der Waals surface area (Å²) in [5, 5.41) is 3.96. The molecular weight excluding hydrogens is 272 g/mol. The van der Waals surface area contributed by atoms with Crippen molar-refractivity contribution in [1.29, 1.82) is 0 Å². The number of rotatable bonds is 3. The van der Waals surface area contributed by atoms with E-state index < -0.39 is 5.82 Å². The second kappa shape index (κ2) is 4.75. The first-order chi connectivity index (χ1) is 8.63. The lowest BCUT2D eigenvalue weighted by atomic mass is 9.93. The fraction of sp³-hybridized carbons (Fsp3) is 0.429. The molecule has 1 aromatic rings. The van der Waals surface area contributed by atoms with Crippen LogP contribution in [0.1, 0.15) is 12.8 Å². The van der Waals surface area contributed by atoms with Gasteiger partial charge in [-0.2, -0.15) is 0 Å². The molecule has 0 spiro atoms. The van der Waals surface area contributed by atoms with Crippen LogP contribution in [0.5, 0.6) is 0 Å². The van der Waals surface area contributed by atoms with E-state index in [1.807, 2.05) is 0 Å². The number of hydrogen-bond donors (Lipinski definition) is 1. The third-order valence-corrected chi connectivity index (χ3v) is 4.56. The Labute approximate surface area is 116 Å². The summed E-state index contributed by atoms with van der Waals surface area (Å²) in [5.41, 5.74) is 0.645. The number of hydrogen-bond acceptors (Lipinski definition) is 1. The number of halogens is 3. The SMILES string of the molecule is Fc1cc(Cl)c(NCC2CC3C=CC2C3)c(Cl)c1. The molecule has 2 bridgehead atoms. The van der Waals surface area contributed by atoms with E-state index in [4.69, 9.17) is 23.2 Å². The van der Waals surface area contributed by atoms with Crippen molar-refractivity contribution >= 4 is 28.9 Å². The molecule has 2 aliphatic rings. The predicted octanol–water partition coefficient (Wildman–Crippen LogP) is 4.76. The molecule has 0 aromatic heterocycles. The molecule has 0 amide bonds. The van der Waals surface area contributed by atoms with Gasteiger partial charge in [-0.1, -0.05) is 35.4 Å². The Bertz CT molecular complexity index is 478. The van der Waals surface area contributed by atoms with E-state index >= 15 is 0 Å². The van der Waals surface area contributed by atoms with Crippen molar-refractivity contribution in [2.45, 2.75) is 12.8 Å². The van der Waals surface area contributed by atoms with Crippen LogP contribution >= 0.6 is 23.2 Å². The average molecular weight is 286 g/mol. The Morgan fingerprint density at radius 2 is 1.89 bits per heavy atom. The zero-order valence-corrected chi connectivity index (χ0v) is 11.3. The molecule has 3 rings (SSSR count). The molecular formula is C14H14Cl2FN. The van der Waals surface area contributed by atoms with Crippen LogP contribution in [-0.4, -0.2) is 6.54 Å². The number of allylic oxidation sites excluding steroid dienone is 2. The monoisotopic (exact) mass is 285 g/mol. The van der Waals surface area contributed by atoms with Crippen LogP contribution in [0.25, 0.3) is 0 Å². The molecule has 4 heteroatoms. The molecule has 1 aromatic carbocycles.